The molecule has 0 radical (unpaired) electrons. The number of hydrogen-bond acceptors (Lipinski definition) is 11. The average molecular weight is 804 g/mol. The highest BCUT2D eigenvalue weighted by Gasteiger charge is 2.78. The molecule has 0 spiro atoms. The quantitative estimate of drug-likeness (QED) is 0.0989. The molecule has 2 N–H and O–H groups in total. The Morgan fingerprint density at radius 2 is 1.62 bits per heavy atom. The lowest BCUT2D eigenvalue weighted by atomic mass is 9.44. The first-order valence-electron chi connectivity index (χ1n) is 17.8. The molecule has 9 atom stereocenters. The van der Waals surface area contributed by atoms with Crippen molar-refractivity contribution in [2.45, 2.75) is 132 Å². The predicted molar refractivity (Wildman–Crippen MR) is 195 cm³/mol. The van der Waals surface area contributed by atoms with Crippen molar-refractivity contribution in [1.29, 1.82) is 0 Å². The first-order chi connectivity index (χ1) is 24.1. The number of carbonyl (C=O) groups excluding carboxylic acids is 4. The summed E-state index contributed by atoms with van der Waals surface area (Å²) < 4.78 is 29.1. The van der Waals surface area contributed by atoms with Crippen LogP contribution in [-0.2, 0) is 37.8 Å². The van der Waals surface area contributed by atoms with Crippen LogP contribution in [0.15, 0.2) is 41.5 Å². The fourth-order valence-electron chi connectivity index (χ4n) is 9.42. The Balaban J connectivity index is 1.85. The summed E-state index contributed by atoms with van der Waals surface area (Å²) in [6.45, 7) is 13.6. The molecule has 15 heteroatoms. The summed E-state index contributed by atoms with van der Waals surface area (Å²) in [6.07, 6.45) is -6.84. The third-order valence-electron chi connectivity index (χ3n) is 12.7. The summed E-state index contributed by atoms with van der Waals surface area (Å²) >= 11 is 17.7. The lowest BCUT2D eigenvalue weighted by molar-refractivity contribution is -0.344. The van der Waals surface area contributed by atoms with Gasteiger partial charge in [0.1, 0.15) is 30.0 Å². The Kier molecular flexibility index (Phi) is 11.3. The minimum atomic E-state index is -2.51. The van der Waals surface area contributed by atoms with Crippen molar-refractivity contribution in [2.75, 3.05) is 6.61 Å². The van der Waals surface area contributed by atoms with Crippen LogP contribution in [0.4, 0.5) is 0 Å². The first kappa shape index (κ1) is 41.1. The molecule has 2 bridgehead atoms. The third kappa shape index (κ3) is 6.36. The topological polar surface area (TPSA) is 155 Å². The Morgan fingerprint density at radius 1 is 1.02 bits per heavy atom. The van der Waals surface area contributed by atoms with Crippen LogP contribution in [0.1, 0.15) is 78.6 Å². The number of carbonyl (C=O) groups is 4. The lowest BCUT2D eigenvalue weighted by Gasteiger charge is -2.68. The van der Waals surface area contributed by atoms with E-state index in [1.54, 1.807) is 58.0 Å². The van der Waals surface area contributed by atoms with Crippen LogP contribution in [0.2, 0.25) is 18.1 Å². The van der Waals surface area contributed by atoms with E-state index in [2.05, 4.69) is 0 Å². The van der Waals surface area contributed by atoms with Crippen molar-refractivity contribution in [2.24, 2.45) is 16.7 Å². The zero-order valence-corrected chi connectivity index (χ0v) is 34.1. The zero-order chi connectivity index (χ0) is 38.8. The summed E-state index contributed by atoms with van der Waals surface area (Å²) in [5.41, 5.74) is -6.60. The molecule has 1 aromatic rings. The van der Waals surface area contributed by atoms with Gasteiger partial charge in [-0.05, 0) is 55.3 Å². The molecule has 1 aromatic carbocycles. The van der Waals surface area contributed by atoms with E-state index in [0.29, 0.717) is 0 Å². The Labute approximate surface area is 320 Å². The second-order valence-corrected chi connectivity index (χ2v) is 22.4. The third-order valence-corrected chi connectivity index (χ3v) is 17.8. The zero-order valence-electron chi connectivity index (χ0n) is 30.8. The standard InChI is InChI=1S/C37H49Cl3O11Si/c1-9-52(10-2,11-3)51-24-17-25-35(19-47-25,50-21(5)41)28-30(49-31(44)22-15-13-12-14-16-22)36(46)18-23(48-32(45)37(38,39)40)20(4)26(33(36,6)7)27(42)29(43)34(24,28)8/h12-16,23-25,27-28,30,42,46H,9-11,17-19H2,1-8H3/t23-,24-,25+,27+,28-,30-,34+,35-,36+/m0/s1. The van der Waals surface area contributed by atoms with Gasteiger partial charge in [-0.1, -0.05) is 87.6 Å². The average Bonchev–Trinajstić information content (AvgIpc) is 3.07. The monoisotopic (exact) mass is 802 g/mol. The predicted octanol–water partition coefficient (Wildman–Crippen LogP) is 6.03. The van der Waals surface area contributed by atoms with Gasteiger partial charge < -0.3 is 33.6 Å². The molecule has 288 valence electrons. The highest BCUT2D eigenvalue weighted by Crippen LogP contribution is 2.65. The summed E-state index contributed by atoms with van der Waals surface area (Å²) in [5.74, 6) is -4.78. The van der Waals surface area contributed by atoms with Crippen LogP contribution < -0.4 is 0 Å². The van der Waals surface area contributed by atoms with E-state index in [9.17, 15) is 24.6 Å². The van der Waals surface area contributed by atoms with E-state index in [0.717, 1.165) is 18.1 Å². The molecule has 1 aliphatic heterocycles. The second-order valence-electron chi connectivity index (χ2n) is 15.4. The summed E-state index contributed by atoms with van der Waals surface area (Å²) in [6, 6.07) is 10.3. The van der Waals surface area contributed by atoms with Crippen molar-refractivity contribution in [3.05, 3.63) is 47.0 Å². The van der Waals surface area contributed by atoms with Crippen LogP contribution in [0, 0.1) is 16.7 Å². The van der Waals surface area contributed by atoms with Gasteiger partial charge in [0, 0.05) is 25.2 Å². The molecular formula is C37H49Cl3O11Si. The number of fused-ring (bicyclic) bond motifs is 5. The normalized spacial score (nSPS) is 35.6. The highest BCUT2D eigenvalue weighted by molar-refractivity contribution is 6.75. The van der Waals surface area contributed by atoms with Crippen molar-refractivity contribution < 1.29 is 52.8 Å². The molecule has 2 saturated carbocycles. The van der Waals surface area contributed by atoms with Gasteiger partial charge in [-0.15, -0.1) is 0 Å². The van der Waals surface area contributed by atoms with E-state index in [-0.39, 0.29) is 29.7 Å². The molecule has 0 aromatic heterocycles. The Morgan fingerprint density at radius 3 is 2.12 bits per heavy atom. The lowest BCUT2D eigenvalue weighted by Crippen LogP contribution is -2.82. The molecule has 5 rings (SSSR count). The number of benzene rings is 1. The van der Waals surface area contributed by atoms with Crippen molar-refractivity contribution in [1.82, 2.24) is 0 Å². The number of aliphatic hydroxyl groups is 2. The number of esters is 3. The number of halogens is 3. The molecule has 3 aliphatic carbocycles. The van der Waals surface area contributed by atoms with Crippen molar-refractivity contribution in [3.63, 3.8) is 0 Å². The molecule has 3 fully saturated rings. The Bertz CT molecular complexity index is 1620. The number of aliphatic hydroxyl groups excluding tert-OH is 1. The van der Waals surface area contributed by atoms with Gasteiger partial charge >= 0.3 is 17.9 Å². The second kappa shape index (κ2) is 14.2. The Hall–Kier alpha value is -2.03. The van der Waals surface area contributed by atoms with Gasteiger partial charge in [0.05, 0.1) is 29.6 Å². The van der Waals surface area contributed by atoms with E-state index >= 15 is 4.79 Å². The van der Waals surface area contributed by atoms with Crippen LogP contribution in [0.5, 0.6) is 0 Å². The number of Topliss-reactive ketones (excluding diaryl/α,β-unsaturated/α-hetero) is 1. The number of ketones is 1. The van der Waals surface area contributed by atoms with Crippen LogP contribution in [0.3, 0.4) is 0 Å². The minimum absolute atomic E-state index is 0.0612. The fraction of sp³-hybridized carbons (Fsp3) is 0.676. The maximum Gasteiger partial charge on any atom is 0.359 e. The van der Waals surface area contributed by atoms with Crippen molar-refractivity contribution in [3.8, 4) is 0 Å². The number of rotatable bonds is 9. The van der Waals surface area contributed by atoms with Gasteiger partial charge in [0.15, 0.2) is 19.7 Å². The summed E-state index contributed by atoms with van der Waals surface area (Å²) in [4.78, 5) is 55.6. The molecule has 4 aliphatic rings. The minimum Gasteiger partial charge on any atom is -0.455 e. The molecule has 52 heavy (non-hydrogen) atoms. The van der Waals surface area contributed by atoms with Crippen LogP contribution in [-0.4, -0.2) is 94.3 Å². The van der Waals surface area contributed by atoms with Crippen LogP contribution >= 0.6 is 34.8 Å². The molecule has 0 unspecified atom stereocenters. The van der Waals surface area contributed by atoms with Gasteiger partial charge in [-0.3, -0.25) is 9.59 Å². The van der Waals surface area contributed by atoms with E-state index in [1.807, 2.05) is 20.8 Å². The maximum absolute atomic E-state index is 15.4. The van der Waals surface area contributed by atoms with Crippen LogP contribution in [0.25, 0.3) is 0 Å². The number of alkyl halides is 3. The SMILES string of the molecule is CC[Si](CC)(CC)O[C@H]1C[C@H]2OC[C@@]2(OC(C)=O)[C@H]2[C@H](OC(=O)c3ccccc3)[C@]3(O)C[C@H](OC(=O)C(Cl)(Cl)Cl)C(C)=C([C@@H](O)C(=O)[C@]12C)C3(C)C. The number of ether oxygens (including phenoxy) is 4. The first-order valence-corrected chi connectivity index (χ1v) is 21.4. The summed E-state index contributed by atoms with van der Waals surface area (Å²) in [5, 5.41) is 25.8. The van der Waals surface area contributed by atoms with Crippen molar-refractivity contribution >= 4 is 66.8 Å². The maximum atomic E-state index is 15.4. The number of hydrogen-bond donors (Lipinski definition) is 2. The van der Waals surface area contributed by atoms with E-state index in [1.165, 1.54) is 6.92 Å². The fourth-order valence-corrected chi connectivity index (χ4v) is 12.5. The summed E-state index contributed by atoms with van der Waals surface area (Å²) in [7, 11) is -2.51. The van der Waals surface area contributed by atoms with Gasteiger partial charge in [-0.2, -0.15) is 0 Å². The molecule has 0 amide bonds. The van der Waals surface area contributed by atoms with Gasteiger partial charge in [0.25, 0.3) is 3.79 Å². The molecule has 1 heterocycles. The highest BCUT2D eigenvalue weighted by atomic mass is 35.6. The van der Waals surface area contributed by atoms with Gasteiger partial charge in [0.2, 0.25) is 0 Å². The van der Waals surface area contributed by atoms with E-state index < -0.39 is 101 Å². The largest absolute Gasteiger partial charge is 0.455 e. The molecular weight excluding hydrogens is 755 g/mol. The smallest absolute Gasteiger partial charge is 0.359 e. The molecule has 11 nitrogen and oxygen atoms in total. The van der Waals surface area contributed by atoms with E-state index in [4.69, 9.17) is 58.2 Å². The molecule has 1 saturated heterocycles. The van der Waals surface area contributed by atoms with Gasteiger partial charge in [-0.25, -0.2) is 9.59 Å².